The van der Waals surface area contributed by atoms with E-state index in [4.69, 9.17) is 16.3 Å². The van der Waals surface area contributed by atoms with Gasteiger partial charge in [0.1, 0.15) is 12.3 Å². The Bertz CT molecular complexity index is 1100. The highest BCUT2D eigenvalue weighted by atomic mass is 79.9. The number of non-ortho nitro benzene ring substituents is 1. The van der Waals surface area contributed by atoms with Crippen molar-refractivity contribution in [2.45, 2.75) is 6.61 Å². The van der Waals surface area contributed by atoms with Gasteiger partial charge in [-0.25, -0.2) is 9.78 Å². The molecule has 8 nitrogen and oxygen atoms in total. The van der Waals surface area contributed by atoms with Gasteiger partial charge in [-0.3, -0.25) is 19.3 Å². The summed E-state index contributed by atoms with van der Waals surface area (Å²) in [6.07, 6.45) is 1.57. The fourth-order valence-electron chi connectivity index (χ4n) is 2.20. The SMILES string of the molecule is O=C(OCc1cc(=O)n2cc(Br)ccc2n1)c1cc([N+](=O)[O-])ccc1Cl. The van der Waals surface area contributed by atoms with Gasteiger partial charge in [0, 0.05) is 28.9 Å². The number of nitrogens with zero attached hydrogens (tertiary/aromatic N) is 3. The predicted molar refractivity (Wildman–Crippen MR) is 96.4 cm³/mol. The molecular weight excluding hydrogens is 430 g/mol. The Kier molecular flexibility index (Phi) is 5.01. The Morgan fingerprint density at radius 2 is 2.08 bits per heavy atom. The van der Waals surface area contributed by atoms with Gasteiger partial charge in [-0.2, -0.15) is 0 Å². The van der Waals surface area contributed by atoms with Crippen LogP contribution < -0.4 is 5.56 Å². The smallest absolute Gasteiger partial charge is 0.340 e. The number of aromatic nitrogens is 2. The molecule has 0 saturated carbocycles. The summed E-state index contributed by atoms with van der Waals surface area (Å²) in [5, 5.41) is 10.8. The molecule has 1 aromatic carbocycles. The van der Waals surface area contributed by atoms with Crippen molar-refractivity contribution in [3.05, 3.63) is 83.8 Å². The molecule has 0 aliphatic carbocycles. The number of nitro benzene ring substituents is 1. The molecule has 2 heterocycles. The van der Waals surface area contributed by atoms with Crippen LogP contribution in [0.15, 0.2) is 51.9 Å². The number of halogens is 2. The first kappa shape index (κ1) is 18.0. The summed E-state index contributed by atoms with van der Waals surface area (Å²) in [4.78, 5) is 38.7. The van der Waals surface area contributed by atoms with Gasteiger partial charge in [-0.15, -0.1) is 0 Å². The normalized spacial score (nSPS) is 10.7. The molecule has 0 aliphatic rings. The molecule has 0 N–H and O–H groups in total. The summed E-state index contributed by atoms with van der Waals surface area (Å²) in [6, 6.07) is 8.05. The third-order valence-electron chi connectivity index (χ3n) is 3.41. The predicted octanol–water partition coefficient (Wildman–Crippen LogP) is 3.38. The van der Waals surface area contributed by atoms with E-state index in [1.165, 1.54) is 22.6 Å². The number of esters is 1. The molecular formula is C16H9BrClN3O5. The maximum absolute atomic E-state index is 12.2. The zero-order valence-electron chi connectivity index (χ0n) is 12.9. The second-order valence-corrected chi connectivity index (χ2v) is 6.48. The zero-order valence-corrected chi connectivity index (χ0v) is 15.2. The van der Waals surface area contributed by atoms with Gasteiger partial charge >= 0.3 is 5.97 Å². The molecule has 132 valence electrons. The van der Waals surface area contributed by atoms with Crippen LogP contribution >= 0.6 is 27.5 Å². The number of ether oxygens (including phenoxy) is 1. The highest BCUT2D eigenvalue weighted by molar-refractivity contribution is 9.10. The van der Waals surface area contributed by atoms with Crippen LogP contribution in [0.3, 0.4) is 0 Å². The van der Waals surface area contributed by atoms with Gasteiger partial charge in [-0.05, 0) is 34.1 Å². The lowest BCUT2D eigenvalue weighted by Crippen LogP contribution is -2.16. The number of benzene rings is 1. The topological polar surface area (TPSA) is 104 Å². The number of carbonyl (C=O) groups is 1. The van der Waals surface area contributed by atoms with Gasteiger partial charge in [0.2, 0.25) is 0 Å². The Morgan fingerprint density at radius 1 is 1.31 bits per heavy atom. The van der Waals surface area contributed by atoms with Crippen LogP contribution in [-0.4, -0.2) is 20.3 Å². The number of carbonyl (C=O) groups excluding carboxylic acids is 1. The Hall–Kier alpha value is -2.78. The van der Waals surface area contributed by atoms with E-state index < -0.39 is 10.9 Å². The van der Waals surface area contributed by atoms with E-state index >= 15 is 0 Å². The van der Waals surface area contributed by atoms with Crippen molar-refractivity contribution in [2.75, 3.05) is 0 Å². The van der Waals surface area contributed by atoms with E-state index in [-0.39, 0.29) is 34.1 Å². The molecule has 0 unspecified atom stereocenters. The van der Waals surface area contributed by atoms with Gasteiger partial charge in [-0.1, -0.05) is 11.6 Å². The largest absolute Gasteiger partial charge is 0.456 e. The van der Waals surface area contributed by atoms with E-state index in [1.54, 1.807) is 18.3 Å². The summed E-state index contributed by atoms with van der Waals surface area (Å²) in [6.45, 7) is -0.278. The molecule has 0 aliphatic heterocycles. The fourth-order valence-corrected chi connectivity index (χ4v) is 2.73. The average molecular weight is 439 g/mol. The first-order valence-electron chi connectivity index (χ1n) is 7.14. The van der Waals surface area contributed by atoms with E-state index in [0.717, 1.165) is 6.07 Å². The van der Waals surface area contributed by atoms with Crippen molar-refractivity contribution in [1.29, 1.82) is 0 Å². The molecule has 0 fully saturated rings. The van der Waals surface area contributed by atoms with Crippen molar-refractivity contribution in [3.63, 3.8) is 0 Å². The Labute approximate surface area is 159 Å². The third-order valence-corrected chi connectivity index (χ3v) is 4.21. The van der Waals surface area contributed by atoms with Crippen LogP contribution in [0.25, 0.3) is 5.65 Å². The summed E-state index contributed by atoms with van der Waals surface area (Å²) >= 11 is 9.17. The van der Waals surface area contributed by atoms with Crippen LogP contribution in [0.5, 0.6) is 0 Å². The number of rotatable bonds is 4. The molecule has 26 heavy (non-hydrogen) atoms. The molecule has 10 heteroatoms. The van der Waals surface area contributed by atoms with Crippen LogP contribution in [0.1, 0.15) is 16.1 Å². The molecule has 3 rings (SSSR count). The molecule has 0 bridgehead atoms. The standard InChI is InChI=1S/C16H9BrClN3O5/c17-9-1-4-14-19-10(5-15(22)20(14)7-9)8-26-16(23)12-6-11(21(24)25)2-3-13(12)18/h1-7H,8H2. The molecule has 0 atom stereocenters. The minimum atomic E-state index is -0.850. The van der Waals surface area contributed by atoms with Gasteiger partial charge in [0.05, 0.1) is 21.2 Å². The number of hydrogen-bond acceptors (Lipinski definition) is 6. The van der Waals surface area contributed by atoms with Crippen molar-refractivity contribution >= 4 is 44.8 Å². The van der Waals surface area contributed by atoms with E-state index in [1.807, 2.05) is 0 Å². The number of fused-ring (bicyclic) bond motifs is 1. The molecule has 0 amide bonds. The summed E-state index contributed by atoms with van der Waals surface area (Å²) in [5.74, 6) is -0.850. The van der Waals surface area contributed by atoms with E-state index in [0.29, 0.717) is 10.1 Å². The Morgan fingerprint density at radius 3 is 2.81 bits per heavy atom. The maximum Gasteiger partial charge on any atom is 0.340 e. The number of hydrogen-bond donors (Lipinski definition) is 0. The molecule has 0 saturated heterocycles. The second-order valence-electron chi connectivity index (χ2n) is 5.16. The second kappa shape index (κ2) is 7.22. The highest BCUT2D eigenvalue weighted by Crippen LogP contribution is 2.23. The van der Waals surface area contributed by atoms with Gasteiger partial charge in [0.15, 0.2) is 0 Å². The minimum absolute atomic E-state index is 0.0250. The third kappa shape index (κ3) is 3.73. The van der Waals surface area contributed by atoms with Crippen molar-refractivity contribution < 1.29 is 14.5 Å². The van der Waals surface area contributed by atoms with Crippen molar-refractivity contribution in [1.82, 2.24) is 9.38 Å². The lowest BCUT2D eigenvalue weighted by atomic mass is 10.2. The van der Waals surface area contributed by atoms with Crippen LogP contribution in [0.2, 0.25) is 5.02 Å². The fraction of sp³-hybridized carbons (Fsp3) is 0.0625. The average Bonchev–Trinajstić information content (AvgIpc) is 2.60. The van der Waals surface area contributed by atoms with Crippen LogP contribution in [-0.2, 0) is 11.3 Å². The monoisotopic (exact) mass is 437 g/mol. The first-order valence-corrected chi connectivity index (χ1v) is 8.31. The molecule has 0 spiro atoms. The van der Waals surface area contributed by atoms with Gasteiger partial charge < -0.3 is 4.74 Å². The summed E-state index contributed by atoms with van der Waals surface area (Å²) in [7, 11) is 0. The van der Waals surface area contributed by atoms with E-state index in [9.17, 15) is 19.7 Å². The lowest BCUT2D eigenvalue weighted by Gasteiger charge is -2.07. The minimum Gasteiger partial charge on any atom is -0.456 e. The molecule has 2 aromatic heterocycles. The summed E-state index contributed by atoms with van der Waals surface area (Å²) < 4.78 is 7.15. The van der Waals surface area contributed by atoms with Crippen LogP contribution in [0.4, 0.5) is 5.69 Å². The quantitative estimate of drug-likeness (QED) is 0.351. The maximum atomic E-state index is 12.2. The summed E-state index contributed by atoms with van der Waals surface area (Å²) in [5.41, 5.74) is -0.126. The Balaban J connectivity index is 1.83. The number of nitro groups is 1. The van der Waals surface area contributed by atoms with Crippen molar-refractivity contribution in [3.8, 4) is 0 Å². The molecule has 0 radical (unpaired) electrons. The zero-order chi connectivity index (χ0) is 18.8. The highest BCUT2D eigenvalue weighted by Gasteiger charge is 2.17. The molecule has 3 aromatic rings. The number of pyridine rings is 1. The van der Waals surface area contributed by atoms with E-state index in [2.05, 4.69) is 20.9 Å². The van der Waals surface area contributed by atoms with Gasteiger partial charge in [0.25, 0.3) is 11.2 Å². The van der Waals surface area contributed by atoms with Crippen LogP contribution in [0, 0.1) is 10.1 Å². The lowest BCUT2D eigenvalue weighted by molar-refractivity contribution is -0.384. The van der Waals surface area contributed by atoms with Crippen molar-refractivity contribution in [2.24, 2.45) is 0 Å². The first-order chi connectivity index (χ1) is 12.3.